The lowest BCUT2D eigenvalue weighted by atomic mass is 9.97. The Hall–Kier alpha value is -1.79. The summed E-state index contributed by atoms with van der Waals surface area (Å²) in [6.07, 6.45) is 26.3. The topological polar surface area (TPSA) is 228 Å². The summed E-state index contributed by atoms with van der Waals surface area (Å²) >= 11 is 0. The molecule has 2 rings (SSSR count). The van der Waals surface area contributed by atoms with E-state index in [0.29, 0.717) is 12.8 Å². The van der Waals surface area contributed by atoms with Crippen molar-refractivity contribution in [2.24, 2.45) is 0 Å². The van der Waals surface area contributed by atoms with Crippen molar-refractivity contribution in [3.63, 3.8) is 0 Å². The Morgan fingerprint density at radius 3 is 1.57 bits per heavy atom. The fourth-order valence-corrected chi connectivity index (χ4v) is 8.31. The maximum Gasteiger partial charge on any atom is 0.220 e. The molecule has 12 atom stereocenters. The first-order valence-corrected chi connectivity index (χ1v) is 25.7. The van der Waals surface area contributed by atoms with E-state index < -0.39 is 86.8 Å². The second-order valence-corrected chi connectivity index (χ2v) is 18.3. The minimum Gasteiger partial charge on any atom is -0.394 e. The molecule has 0 aromatic carbocycles. The van der Waals surface area contributed by atoms with Gasteiger partial charge in [0, 0.05) is 6.42 Å². The number of allylic oxidation sites excluding steroid dienone is 5. The second kappa shape index (κ2) is 38.1. The van der Waals surface area contributed by atoms with E-state index in [-0.39, 0.29) is 18.9 Å². The lowest BCUT2D eigenvalue weighted by Gasteiger charge is -2.46. The van der Waals surface area contributed by atoms with Crippen molar-refractivity contribution in [1.29, 1.82) is 0 Å². The number of hydrogen-bond donors (Lipinski definition) is 9. The minimum atomic E-state index is -1.79. The molecule has 0 aromatic rings. The number of amides is 1. The molecule has 2 aliphatic rings. The Labute approximate surface area is 391 Å². The van der Waals surface area contributed by atoms with E-state index in [2.05, 4.69) is 43.5 Å². The van der Waals surface area contributed by atoms with Crippen LogP contribution >= 0.6 is 0 Å². The van der Waals surface area contributed by atoms with Crippen LogP contribution in [-0.2, 0) is 23.7 Å². The summed E-state index contributed by atoms with van der Waals surface area (Å²) in [6, 6.07) is -0.932. The molecule has 380 valence electrons. The van der Waals surface area contributed by atoms with Crippen LogP contribution in [0.1, 0.15) is 187 Å². The number of rotatable bonds is 39. The number of unbranched alkanes of at least 4 members (excludes halogenated alkanes) is 22. The monoisotopic (exact) mass is 928 g/mol. The highest BCUT2D eigenvalue weighted by Gasteiger charge is 2.51. The van der Waals surface area contributed by atoms with Gasteiger partial charge in [-0.05, 0) is 51.4 Å². The number of carbonyl (C=O) groups excluding carboxylic acids is 1. The summed E-state index contributed by atoms with van der Waals surface area (Å²) in [5.41, 5.74) is 0. The third kappa shape index (κ3) is 25.4. The van der Waals surface area contributed by atoms with E-state index in [9.17, 15) is 45.6 Å². The molecule has 2 heterocycles. The molecule has 65 heavy (non-hydrogen) atoms. The SMILES string of the molecule is CCC/C=C\CCCCCCCC(=O)NC(COC1OC(CO)C(OC2OC(CO)C(O)C(O)C2O)C(O)C1O)C(O)/C=C/CC/C=C/CCCCCCCCCCCCCCCCC. The molecule has 0 bridgehead atoms. The summed E-state index contributed by atoms with van der Waals surface area (Å²) < 4.78 is 22.6. The molecule has 1 amide bonds. The van der Waals surface area contributed by atoms with E-state index in [1.165, 1.54) is 96.3 Å². The van der Waals surface area contributed by atoms with Crippen molar-refractivity contribution >= 4 is 5.91 Å². The highest BCUT2D eigenvalue weighted by molar-refractivity contribution is 5.76. The molecule has 14 heteroatoms. The van der Waals surface area contributed by atoms with Crippen LogP contribution in [-0.4, -0.2) is 140 Å². The summed E-state index contributed by atoms with van der Waals surface area (Å²) in [5, 5.41) is 86.6. The molecule has 9 N–H and O–H groups in total. The van der Waals surface area contributed by atoms with Crippen LogP contribution in [0.4, 0.5) is 0 Å². The molecule has 2 saturated heterocycles. The van der Waals surface area contributed by atoms with Crippen molar-refractivity contribution in [3.8, 4) is 0 Å². The predicted molar refractivity (Wildman–Crippen MR) is 254 cm³/mol. The summed E-state index contributed by atoms with van der Waals surface area (Å²) in [7, 11) is 0. The van der Waals surface area contributed by atoms with Gasteiger partial charge in [0.25, 0.3) is 0 Å². The minimum absolute atomic E-state index is 0.262. The largest absolute Gasteiger partial charge is 0.394 e. The smallest absolute Gasteiger partial charge is 0.220 e. The van der Waals surface area contributed by atoms with Crippen molar-refractivity contribution in [1.82, 2.24) is 5.32 Å². The van der Waals surface area contributed by atoms with Crippen LogP contribution in [0.25, 0.3) is 0 Å². The van der Waals surface area contributed by atoms with E-state index in [1.54, 1.807) is 6.08 Å². The van der Waals surface area contributed by atoms with Crippen LogP contribution < -0.4 is 5.32 Å². The molecule has 2 aliphatic heterocycles. The normalized spacial score (nSPS) is 27.3. The van der Waals surface area contributed by atoms with Crippen molar-refractivity contribution in [3.05, 3.63) is 36.5 Å². The van der Waals surface area contributed by atoms with Gasteiger partial charge in [0.05, 0.1) is 32.0 Å². The summed E-state index contributed by atoms with van der Waals surface area (Å²) in [4.78, 5) is 13.1. The van der Waals surface area contributed by atoms with Crippen molar-refractivity contribution < 1.29 is 64.6 Å². The van der Waals surface area contributed by atoms with E-state index >= 15 is 0 Å². The number of aliphatic hydroxyl groups is 8. The maximum absolute atomic E-state index is 13.1. The Kier molecular flexibility index (Phi) is 34.8. The number of carbonyl (C=O) groups is 1. The Bertz CT molecular complexity index is 1230. The van der Waals surface area contributed by atoms with Crippen molar-refractivity contribution in [2.45, 2.75) is 261 Å². The molecule has 0 aromatic heterocycles. The van der Waals surface area contributed by atoms with Gasteiger partial charge >= 0.3 is 0 Å². The predicted octanol–water partition coefficient (Wildman–Crippen LogP) is 6.71. The number of ether oxygens (including phenoxy) is 4. The highest BCUT2D eigenvalue weighted by atomic mass is 16.7. The van der Waals surface area contributed by atoms with Crippen LogP contribution in [0.3, 0.4) is 0 Å². The first kappa shape index (κ1) is 59.3. The molecule has 14 nitrogen and oxygen atoms in total. The van der Waals surface area contributed by atoms with Crippen LogP contribution in [0, 0.1) is 0 Å². The summed E-state index contributed by atoms with van der Waals surface area (Å²) in [6.45, 7) is 2.69. The number of nitrogens with one attached hydrogen (secondary N) is 1. The van der Waals surface area contributed by atoms with Gasteiger partial charge in [-0.3, -0.25) is 4.79 Å². The van der Waals surface area contributed by atoms with Crippen LogP contribution in [0.5, 0.6) is 0 Å². The van der Waals surface area contributed by atoms with Gasteiger partial charge in [-0.2, -0.15) is 0 Å². The van der Waals surface area contributed by atoms with Crippen LogP contribution in [0.15, 0.2) is 36.5 Å². The van der Waals surface area contributed by atoms with Crippen LogP contribution in [0.2, 0.25) is 0 Å². The quantitative estimate of drug-likeness (QED) is 0.0231. The van der Waals surface area contributed by atoms with Gasteiger partial charge in [0.2, 0.25) is 5.91 Å². The zero-order valence-electron chi connectivity index (χ0n) is 40.2. The summed E-state index contributed by atoms with van der Waals surface area (Å²) in [5.74, 6) is -0.262. The fourth-order valence-electron chi connectivity index (χ4n) is 8.31. The van der Waals surface area contributed by atoms with Gasteiger partial charge in [0.1, 0.15) is 48.8 Å². The average molecular weight is 928 g/mol. The number of hydrogen-bond acceptors (Lipinski definition) is 13. The molecule has 12 unspecified atom stereocenters. The van der Waals surface area contributed by atoms with E-state index in [0.717, 1.165) is 57.8 Å². The van der Waals surface area contributed by atoms with Gasteiger partial charge < -0.3 is 65.1 Å². The molecular weight excluding hydrogens is 835 g/mol. The molecule has 0 saturated carbocycles. The maximum atomic E-state index is 13.1. The zero-order chi connectivity index (χ0) is 47.5. The lowest BCUT2D eigenvalue weighted by molar-refractivity contribution is -0.359. The second-order valence-electron chi connectivity index (χ2n) is 18.3. The third-order valence-corrected chi connectivity index (χ3v) is 12.5. The van der Waals surface area contributed by atoms with Gasteiger partial charge in [-0.15, -0.1) is 0 Å². The van der Waals surface area contributed by atoms with Gasteiger partial charge in [-0.25, -0.2) is 0 Å². The lowest BCUT2D eigenvalue weighted by Crippen LogP contribution is -2.65. The number of aliphatic hydroxyl groups excluding tert-OH is 8. The fraction of sp³-hybridized carbons (Fsp3) is 0.863. The Morgan fingerprint density at radius 2 is 1.02 bits per heavy atom. The van der Waals surface area contributed by atoms with E-state index in [1.807, 2.05) is 6.08 Å². The molecule has 0 spiro atoms. The highest BCUT2D eigenvalue weighted by Crippen LogP contribution is 2.30. The van der Waals surface area contributed by atoms with Gasteiger partial charge in [-0.1, -0.05) is 166 Å². The molecule has 0 radical (unpaired) electrons. The van der Waals surface area contributed by atoms with E-state index in [4.69, 9.17) is 18.9 Å². The van der Waals surface area contributed by atoms with Gasteiger partial charge in [0.15, 0.2) is 12.6 Å². The molecule has 2 fully saturated rings. The third-order valence-electron chi connectivity index (χ3n) is 12.5. The molecule has 0 aliphatic carbocycles. The standard InChI is InChI=1S/C51H93NO13/c1-3-5-7-9-11-13-15-16-17-18-19-20-21-22-23-24-25-26-28-30-32-34-40(55)39(52-43(56)35-33-31-29-27-14-12-10-8-6-4-2)38-62-50-48(61)46(59)49(42(37-54)64-50)65-51-47(60)45(58)44(57)41(36-53)63-51/h8,10,25-26,32,34,39-42,44-51,53-55,57-61H,3-7,9,11-24,27-31,33,35-38H2,1-2H3,(H,52,56)/b10-8-,26-25+,34-32+. The Morgan fingerprint density at radius 1 is 0.538 bits per heavy atom. The Balaban J connectivity index is 1.83. The molecular formula is C51H93NO13. The van der Waals surface area contributed by atoms with Crippen molar-refractivity contribution in [2.75, 3.05) is 19.8 Å². The zero-order valence-corrected chi connectivity index (χ0v) is 40.2. The average Bonchev–Trinajstić information content (AvgIpc) is 3.30. The first-order chi connectivity index (χ1) is 31.6. The first-order valence-electron chi connectivity index (χ1n) is 25.7.